The Morgan fingerprint density at radius 1 is 1.20 bits per heavy atom. The minimum atomic E-state index is -4.70. The predicted molar refractivity (Wildman–Crippen MR) is 82.5 cm³/mol. The first-order valence-corrected chi connectivity index (χ1v) is 7.71. The summed E-state index contributed by atoms with van der Waals surface area (Å²) in [7, 11) is 0. The number of alkyl halides is 3. The van der Waals surface area contributed by atoms with Crippen LogP contribution in [0.25, 0.3) is 11.0 Å². The molecule has 3 nitrogen and oxygen atoms in total. The Morgan fingerprint density at radius 2 is 1.84 bits per heavy atom. The maximum absolute atomic E-state index is 13.2. The number of aryl methyl sites for hydroxylation is 1. The van der Waals surface area contributed by atoms with Gasteiger partial charge in [-0.1, -0.05) is 0 Å². The van der Waals surface area contributed by atoms with Crippen molar-refractivity contribution in [2.24, 2.45) is 0 Å². The minimum absolute atomic E-state index is 0.133. The molecule has 0 spiro atoms. The third kappa shape index (κ3) is 3.46. The summed E-state index contributed by atoms with van der Waals surface area (Å²) in [5.41, 5.74) is -1.75. The quantitative estimate of drug-likeness (QED) is 0.372. The van der Waals surface area contributed by atoms with Crippen LogP contribution in [0.3, 0.4) is 0 Å². The fraction of sp³-hybridized carbons (Fsp3) is 0.125. The van der Waals surface area contributed by atoms with Gasteiger partial charge in [0.05, 0.1) is 5.69 Å². The largest absolute Gasteiger partial charge is 0.435 e. The van der Waals surface area contributed by atoms with Gasteiger partial charge in [0.25, 0.3) is 0 Å². The lowest BCUT2D eigenvalue weighted by molar-refractivity contribution is -0.140. The van der Waals surface area contributed by atoms with Crippen LogP contribution in [0.2, 0.25) is 0 Å². The average Bonchev–Trinajstić information content (AvgIpc) is 2.99. The van der Waals surface area contributed by atoms with Crippen molar-refractivity contribution in [1.82, 2.24) is 9.38 Å². The summed E-state index contributed by atoms with van der Waals surface area (Å²) in [6.45, 7) is 1.71. The number of hydrogen-bond donors (Lipinski definition) is 0. The summed E-state index contributed by atoms with van der Waals surface area (Å²) < 4.78 is 66.9. The molecule has 0 aliphatic heterocycles. The van der Waals surface area contributed by atoms with E-state index in [0.29, 0.717) is 6.07 Å². The first kappa shape index (κ1) is 17.3. The lowest BCUT2D eigenvalue weighted by Gasteiger charge is -2.04. The number of hydrogen-bond acceptors (Lipinski definition) is 3. The average molecular weight is 372 g/mol. The Kier molecular flexibility index (Phi) is 4.19. The van der Waals surface area contributed by atoms with Gasteiger partial charge in [0.2, 0.25) is 0 Å². The van der Waals surface area contributed by atoms with Crippen molar-refractivity contribution in [3.8, 4) is 0 Å². The molecular formula is C16H9F5N2OS. The van der Waals surface area contributed by atoms with Crippen molar-refractivity contribution >= 4 is 28.2 Å². The van der Waals surface area contributed by atoms with Crippen molar-refractivity contribution in [2.75, 3.05) is 0 Å². The Bertz CT molecular complexity index is 980. The Labute approximate surface area is 142 Å². The van der Waals surface area contributed by atoms with Gasteiger partial charge in [0.15, 0.2) is 16.4 Å². The molecule has 9 heteroatoms. The van der Waals surface area contributed by atoms with Crippen LogP contribution >= 0.6 is 11.3 Å². The number of aromatic nitrogens is 2. The van der Waals surface area contributed by atoms with Crippen LogP contribution in [-0.2, 0) is 6.18 Å². The van der Waals surface area contributed by atoms with E-state index in [2.05, 4.69) is 4.98 Å². The second kappa shape index (κ2) is 6.07. The number of carbonyl (C=O) groups excluding carboxylic acids is 1. The zero-order chi connectivity index (χ0) is 18.4. The molecule has 0 bridgehead atoms. The third-order valence-corrected chi connectivity index (χ3v) is 4.18. The van der Waals surface area contributed by atoms with Gasteiger partial charge in [-0.2, -0.15) is 13.2 Å². The molecule has 0 amide bonds. The van der Waals surface area contributed by atoms with E-state index in [4.69, 9.17) is 0 Å². The second-order valence-electron chi connectivity index (χ2n) is 5.19. The molecule has 0 unspecified atom stereocenters. The first-order valence-electron chi connectivity index (χ1n) is 6.89. The normalized spacial score (nSPS) is 12.4. The van der Waals surface area contributed by atoms with E-state index in [1.807, 2.05) is 0 Å². The molecule has 2 heterocycles. The molecule has 0 saturated heterocycles. The van der Waals surface area contributed by atoms with Crippen LogP contribution in [0.15, 0.2) is 30.5 Å². The van der Waals surface area contributed by atoms with Gasteiger partial charge in [-0.15, -0.1) is 11.3 Å². The fourth-order valence-corrected chi connectivity index (χ4v) is 3.12. The van der Waals surface area contributed by atoms with Crippen LogP contribution in [0.4, 0.5) is 22.0 Å². The predicted octanol–water partition coefficient (Wildman–Crippen LogP) is 4.90. The highest BCUT2D eigenvalue weighted by atomic mass is 32.1. The zero-order valence-electron chi connectivity index (χ0n) is 12.6. The summed E-state index contributed by atoms with van der Waals surface area (Å²) in [4.78, 5) is 16.4. The SMILES string of the molecule is Cc1cn2c(/C=C/C(=O)c3cc(F)cc(F)c3)c(C(F)(F)F)nc2s1. The summed E-state index contributed by atoms with van der Waals surface area (Å²) in [6.07, 6.45) is -1.46. The second-order valence-corrected chi connectivity index (χ2v) is 6.41. The molecule has 2 aromatic heterocycles. The maximum Gasteiger partial charge on any atom is 0.435 e. The van der Waals surface area contributed by atoms with E-state index in [1.54, 1.807) is 6.92 Å². The van der Waals surface area contributed by atoms with Crippen molar-refractivity contribution < 1.29 is 26.7 Å². The van der Waals surface area contributed by atoms with Gasteiger partial charge in [-0.3, -0.25) is 9.20 Å². The number of nitrogens with zero attached hydrogens (tertiary/aromatic N) is 2. The molecule has 3 rings (SSSR count). The van der Waals surface area contributed by atoms with Gasteiger partial charge >= 0.3 is 6.18 Å². The fourth-order valence-electron chi connectivity index (χ4n) is 2.29. The molecule has 25 heavy (non-hydrogen) atoms. The number of thiazole rings is 1. The maximum atomic E-state index is 13.2. The number of carbonyl (C=O) groups is 1. The molecule has 0 N–H and O–H groups in total. The van der Waals surface area contributed by atoms with Crippen molar-refractivity contribution in [3.63, 3.8) is 0 Å². The Morgan fingerprint density at radius 3 is 2.44 bits per heavy atom. The molecule has 1 aromatic carbocycles. The van der Waals surface area contributed by atoms with Gasteiger partial charge in [0, 0.05) is 22.7 Å². The molecular weight excluding hydrogens is 363 g/mol. The monoisotopic (exact) mass is 372 g/mol. The van der Waals surface area contributed by atoms with Crippen molar-refractivity contribution in [3.05, 3.63) is 63.9 Å². The standard InChI is InChI=1S/C16H9F5N2OS/c1-8-7-23-12(14(16(19,20)21)22-15(23)25-8)2-3-13(24)9-4-10(17)6-11(18)5-9/h2-7H,1H3/b3-2+. The topological polar surface area (TPSA) is 34.4 Å². The van der Waals surface area contributed by atoms with Crippen LogP contribution in [0.1, 0.15) is 26.6 Å². The van der Waals surface area contributed by atoms with Gasteiger partial charge in [-0.05, 0) is 31.2 Å². The van der Waals surface area contributed by atoms with E-state index in [1.165, 1.54) is 10.6 Å². The first-order chi connectivity index (χ1) is 11.6. The van der Waals surface area contributed by atoms with E-state index in [0.717, 1.165) is 40.5 Å². The molecule has 0 fully saturated rings. The molecule has 130 valence electrons. The van der Waals surface area contributed by atoms with Gasteiger partial charge < -0.3 is 0 Å². The molecule has 0 radical (unpaired) electrons. The number of halogens is 5. The lowest BCUT2D eigenvalue weighted by atomic mass is 10.1. The number of fused-ring (bicyclic) bond motifs is 1. The molecule has 0 saturated carbocycles. The van der Waals surface area contributed by atoms with E-state index in [-0.39, 0.29) is 16.2 Å². The zero-order valence-corrected chi connectivity index (χ0v) is 13.4. The number of imidazole rings is 1. The number of benzene rings is 1. The van der Waals surface area contributed by atoms with Crippen molar-refractivity contribution in [2.45, 2.75) is 13.1 Å². The van der Waals surface area contributed by atoms with Gasteiger partial charge in [-0.25, -0.2) is 13.8 Å². The molecule has 0 atom stereocenters. The summed E-state index contributed by atoms with van der Waals surface area (Å²) in [5.74, 6) is -2.73. The highest BCUT2D eigenvalue weighted by Crippen LogP contribution is 2.34. The minimum Gasteiger partial charge on any atom is -0.290 e. The molecule has 0 aliphatic rings. The van der Waals surface area contributed by atoms with Crippen LogP contribution in [0.5, 0.6) is 0 Å². The van der Waals surface area contributed by atoms with Gasteiger partial charge in [0.1, 0.15) is 11.6 Å². The van der Waals surface area contributed by atoms with Crippen LogP contribution in [-0.4, -0.2) is 15.2 Å². The summed E-state index contributed by atoms with van der Waals surface area (Å²) in [6, 6.07) is 2.21. The molecule has 3 aromatic rings. The Hall–Kier alpha value is -2.55. The van der Waals surface area contributed by atoms with Crippen LogP contribution in [0, 0.1) is 18.6 Å². The van der Waals surface area contributed by atoms with Crippen LogP contribution < -0.4 is 0 Å². The smallest absolute Gasteiger partial charge is 0.290 e. The van der Waals surface area contributed by atoms with Crippen molar-refractivity contribution in [1.29, 1.82) is 0 Å². The lowest BCUT2D eigenvalue weighted by Crippen LogP contribution is -2.08. The highest BCUT2D eigenvalue weighted by Gasteiger charge is 2.37. The number of rotatable bonds is 3. The number of allylic oxidation sites excluding steroid dienone is 1. The molecule has 0 aliphatic carbocycles. The third-order valence-electron chi connectivity index (χ3n) is 3.29. The highest BCUT2D eigenvalue weighted by molar-refractivity contribution is 7.17. The summed E-state index contributed by atoms with van der Waals surface area (Å²) >= 11 is 1.07. The van der Waals surface area contributed by atoms with E-state index in [9.17, 15) is 26.7 Å². The van der Waals surface area contributed by atoms with E-state index < -0.39 is 29.3 Å². The Balaban J connectivity index is 2.04. The number of ketones is 1. The summed E-state index contributed by atoms with van der Waals surface area (Å²) in [5, 5.41) is 0. The van der Waals surface area contributed by atoms with E-state index >= 15 is 0 Å².